The SMILES string of the molecule is N#Cc1cscc1S(=O)(=O)N1CCOCC1. The number of hydrogen-bond acceptors (Lipinski definition) is 5. The third-order valence-corrected chi connectivity index (χ3v) is 5.17. The van der Waals surface area contributed by atoms with Gasteiger partial charge in [-0.1, -0.05) is 0 Å². The van der Waals surface area contributed by atoms with Crippen molar-refractivity contribution in [2.45, 2.75) is 4.90 Å². The number of sulfonamides is 1. The second-order valence-electron chi connectivity index (χ2n) is 3.28. The molecule has 0 aromatic carbocycles. The molecule has 0 N–H and O–H groups in total. The lowest BCUT2D eigenvalue weighted by molar-refractivity contribution is 0.0730. The molecular weight excluding hydrogens is 248 g/mol. The van der Waals surface area contributed by atoms with Crippen LogP contribution in [0.5, 0.6) is 0 Å². The summed E-state index contributed by atoms with van der Waals surface area (Å²) in [5.41, 5.74) is 0.219. The quantitative estimate of drug-likeness (QED) is 0.780. The third kappa shape index (κ3) is 1.97. The number of rotatable bonds is 2. The maximum Gasteiger partial charge on any atom is 0.245 e. The van der Waals surface area contributed by atoms with Crippen molar-refractivity contribution in [2.75, 3.05) is 26.3 Å². The molecule has 0 radical (unpaired) electrons. The van der Waals surface area contributed by atoms with Crippen molar-refractivity contribution in [1.29, 1.82) is 5.26 Å². The first kappa shape index (κ1) is 11.5. The van der Waals surface area contributed by atoms with Gasteiger partial charge in [-0.05, 0) is 0 Å². The highest BCUT2D eigenvalue weighted by Gasteiger charge is 2.28. The summed E-state index contributed by atoms with van der Waals surface area (Å²) in [7, 11) is -3.52. The van der Waals surface area contributed by atoms with Gasteiger partial charge in [-0.3, -0.25) is 0 Å². The summed E-state index contributed by atoms with van der Waals surface area (Å²) in [4.78, 5) is 0.113. The summed E-state index contributed by atoms with van der Waals surface area (Å²) in [6, 6.07) is 1.89. The van der Waals surface area contributed by atoms with Crippen LogP contribution in [0.4, 0.5) is 0 Å². The van der Waals surface area contributed by atoms with Crippen LogP contribution in [0.25, 0.3) is 0 Å². The van der Waals surface area contributed by atoms with Gasteiger partial charge in [-0.25, -0.2) is 8.42 Å². The summed E-state index contributed by atoms with van der Waals surface area (Å²) >= 11 is 1.22. The molecule has 1 saturated heterocycles. The molecule has 1 aliphatic heterocycles. The highest BCUT2D eigenvalue weighted by Crippen LogP contribution is 2.24. The first-order valence-electron chi connectivity index (χ1n) is 4.70. The van der Waals surface area contributed by atoms with Gasteiger partial charge in [-0.2, -0.15) is 9.57 Å². The van der Waals surface area contributed by atoms with Gasteiger partial charge in [0.25, 0.3) is 0 Å². The van der Waals surface area contributed by atoms with Gasteiger partial charge in [-0.15, -0.1) is 11.3 Å². The Balaban J connectivity index is 2.35. The van der Waals surface area contributed by atoms with Crippen LogP contribution in [0.2, 0.25) is 0 Å². The Hall–Kier alpha value is -0.940. The van der Waals surface area contributed by atoms with E-state index in [0.717, 1.165) is 0 Å². The largest absolute Gasteiger partial charge is 0.379 e. The monoisotopic (exact) mass is 258 g/mol. The Bertz CT molecular complexity index is 509. The van der Waals surface area contributed by atoms with Gasteiger partial charge in [0.15, 0.2) is 0 Å². The summed E-state index contributed by atoms with van der Waals surface area (Å²) in [6.07, 6.45) is 0. The number of ether oxygens (including phenoxy) is 1. The van der Waals surface area contributed by atoms with Crippen molar-refractivity contribution in [3.8, 4) is 6.07 Å². The lowest BCUT2D eigenvalue weighted by atomic mass is 10.4. The minimum absolute atomic E-state index is 0.113. The molecule has 0 aliphatic carbocycles. The van der Waals surface area contributed by atoms with Crippen LogP contribution < -0.4 is 0 Å². The molecule has 0 atom stereocenters. The molecule has 0 bridgehead atoms. The average molecular weight is 258 g/mol. The van der Waals surface area contributed by atoms with Crippen LogP contribution in [0.1, 0.15) is 5.56 Å². The molecule has 5 nitrogen and oxygen atoms in total. The molecule has 2 heterocycles. The summed E-state index contributed by atoms with van der Waals surface area (Å²) in [5.74, 6) is 0. The summed E-state index contributed by atoms with van der Waals surface area (Å²) in [5, 5.41) is 11.9. The first-order chi connectivity index (χ1) is 7.66. The average Bonchev–Trinajstić information content (AvgIpc) is 2.79. The number of nitriles is 1. The number of morpholine rings is 1. The second kappa shape index (κ2) is 4.51. The first-order valence-corrected chi connectivity index (χ1v) is 7.09. The maximum atomic E-state index is 12.2. The topological polar surface area (TPSA) is 70.4 Å². The normalized spacial score (nSPS) is 18.2. The van der Waals surface area contributed by atoms with Gasteiger partial charge in [0, 0.05) is 23.8 Å². The fourth-order valence-electron chi connectivity index (χ4n) is 1.49. The van der Waals surface area contributed by atoms with E-state index in [-0.39, 0.29) is 10.5 Å². The summed E-state index contributed by atoms with van der Waals surface area (Å²) < 4.78 is 30.8. The van der Waals surface area contributed by atoms with Crippen molar-refractivity contribution in [3.05, 3.63) is 16.3 Å². The molecular formula is C9H10N2O3S2. The fraction of sp³-hybridized carbons (Fsp3) is 0.444. The van der Waals surface area contributed by atoms with E-state index >= 15 is 0 Å². The fourth-order valence-corrected chi connectivity index (χ4v) is 4.15. The van der Waals surface area contributed by atoms with E-state index in [1.807, 2.05) is 6.07 Å². The van der Waals surface area contributed by atoms with E-state index in [1.165, 1.54) is 21.0 Å². The molecule has 0 spiro atoms. The van der Waals surface area contributed by atoms with Gasteiger partial charge in [0.2, 0.25) is 10.0 Å². The van der Waals surface area contributed by atoms with Crippen LogP contribution in [-0.4, -0.2) is 39.0 Å². The second-order valence-corrected chi connectivity index (χ2v) is 5.93. The van der Waals surface area contributed by atoms with Crippen LogP contribution in [-0.2, 0) is 14.8 Å². The number of nitrogens with zero attached hydrogens (tertiary/aromatic N) is 2. The van der Waals surface area contributed by atoms with Crippen LogP contribution >= 0.6 is 11.3 Å². The van der Waals surface area contributed by atoms with Gasteiger partial charge in [0.1, 0.15) is 11.0 Å². The Morgan fingerprint density at radius 2 is 2.06 bits per heavy atom. The molecule has 1 aromatic heterocycles. The highest BCUT2D eigenvalue weighted by atomic mass is 32.2. The van der Waals surface area contributed by atoms with E-state index in [2.05, 4.69) is 0 Å². The molecule has 0 amide bonds. The Labute approximate surface area is 97.9 Å². The zero-order valence-corrected chi connectivity index (χ0v) is 10.1. The van der Waals surface area contributed by atoms with Crippen molar-refractivity contribution >= 4 is 21.4 Å². The van der Waals surface area contributed by atoms with Crippen LogP contribution in [0.3, 0.4) is 0 Å². The zero-order valence-electron chi connectivity index (χ0n) is 8.42. The summed E-state index contributed by atoms with van der Waals surface area (Å²) in [6.45, 7) is 1.52. The zero-order chi connectivity index (χ0) is 11.6. The molecule has 1 aromatic rings. The minimum atomic E-state index is -3.52. The molecule has 0 unspecified atom stereocenters. The van der Waals surface area contributed by atoms with Crippen molar-refractivity contribution in [1.82, 2.24) is 4.31 Å². The highest BCUT2D eigenvalue weighted by molar-refractivity contribution is 7.89. The Morgan fingerprint density at radius 1 is 1.38 bits per heavy atom. The van der Waals surface area contributed by atoms with E-state index in [9.17, 15) is 8.42 Å². The molecule has 7 heteroatoms. The van der Waals surface area contributed by atoms with E-state index in [4.69, 9.17) is 10.00 Å². The van der Waals surface area contributed by atoms with Gasteiger partial charge in [0.05, 0.1) is 18.8 Å². The van der Waals surface area contributed by atoms with Gasteiger partial charge >= 0.3 is 0 Å². The van der Waals surface area contributed by atoms with Crippen molar-refractivity contribution in [3.63, 3.8) is 0 Å². The maximum absolute atomic E-state index is 12.2. The molecule has 16 heavy (non-hydrogen) atoms. The van der Waals surface area contributed by atoms with Crippen LogP contribution in [0, 0.1) is 11.3 Å². The molecule has 1 fully saturated rings. The Morgan fingerprint density at radius 3 is 2.69 bits per heavy atom. The van der Waals surface area contributed by atoms with Crippen LogP contribution in [0.15, 0.2) is 15.7 Å². The Kier molecular flexibility index (Phi) is 3.25. The molecule has 2 rings (SSSR count). The lowest BCUT2D eigenvalue weighted by Crippen LogP contribution is -2.40. The van der Waals surface area contributed by atoms with E-state index < -0.39 is 10.0 Å². The predicted molar refractivity (Wildman–Crippen MR) is 58.6 cm³/mol. The van der Waals surface area contributed by atoms with Crippen molar-refractivity contribution in [2.24, 2.45) is 0 Å². The smallest absolute Gasteiger partial charge is 0.245 e. The predicted octanol–water partition coefficient (Wildman–Crippen LogP) is 0.641. The minimum Gasteiger partial charge on any atom is -0.379 e. The lowest BCUT2D eigenvalue weighted by Gasteiger charge is -2.25. The van der Waals surface area contributed by atoms with Gasteiger partial charge < -0.3 is 4.74 Å². The standard InChI is InChI=1S/C9H10N2O3S2/c10-5-8-6-15-7-9(8)16(12,13)11-1-3-14-4-2-11/h6-7H,1-4H2. The molecule has 86 valence electrons. The van der Waals surface area contributed by atoms with Crippen molar-refractivity contribution < 1.29 is 13.2 Å². The van der Waals surface area contributed by atoms with E-state index in [0.29, 0.717) is 26.3 Å². The third-order valence-electron chi connectivity index (χ3n) is 2.33. The van der Waals surface area contributed by atoms with E-state index in [1.54, 1.807) is 5.38 Å². The number of hydrogen-bond donors (Lipinski definition) is 0. The molecule has 1 aliphatic rings. The number of thiophene rings is 1. The molecule has 0 saturated carbocycles.